The number of nitroso groups, excluding NO2 is 1. The fourth-order valence-electron chi connectivity index (χ4n) is 2.72. The Morgan fingerprint density at radius 2 is 2.30 bits per heavy atom. The first-order valence-electron chi connectivity index (χ1n) is 9.94. The summed E-state index contributed by atoms with van der Waals surface area (Å²) in [7, 11) is 1.64. The van der Waals surface area contributed by atoms with E-state index in [1.54, 1.807) is 26.2 Å². The van der Waals surface area contributed by atoms with Crippen LogP contribution in [0.4, 0.5) is 0 Å². The summed E-state index contributed by atoms with van der Waals surface area (Å²) in [4.78, 5) is 15.0. The first-order valence-corrected chi connectivity index (χ1v) is 10.9. The number of nitrogens with one attached hydrogen (secondary N) is 1. The zero-order chi connectivity index (χ0) is 22.4. The Hall–Kier alpha value is -2.39. The van der Waals surface area contributed by atoms with Crippen molar-refractivity contribution in [3.8, 4) is 0 Å². The molecule has 0 aromatic carbocycles. The zero-order valence-electron chi connectivity index (χ0n) is 18.1. The summed E-state index contributed by atoms with van der Waals surface area (Å²) in [5, 5.41) is 10.3. The minimum absolute atomic E-state index is 0.0884. The lowest BCUT2D eigenvalue weighted by atomic mass is 10.1. The van der Waals surface area contributed by atoms with Gasteiger partial charge in [0.15, 0.2) is 0 Å². The molecular formula is C21H33N5O3S. The molecule has 1 aliphatic rings. The molecule has 0 aromatic heterocycles. The lowest BCUT2D eigenvalue weighted by Crippen LogP contribution is -2.35. The number of ether oxygens (including phenoxy) is 2. The summed E-state index contributed by atoms with van der Waals surface area (Å²) in [6.07, 6.45) is 7.89. The van der Waals surface area contributed by atoms with Crippen LogP contribution in [-0.2, 0) is 9.47 Å². The van der Waals surface area contributed by atoms with Gasteiger partial charge in [-0.2, -0.15) is 0 Å². The first-order chi connectivity index (χ1) is 14.5. The van der Waals surface area contributed by atoms with Gasteiger partial charge in [-0.1, -0.05) is 32.6 Å². The smallest absolute Gasteiger partial charge is 0.122 e. The van der Waals surface area contributed by atoms with Gasteiger partial charge in [-0.05, 0) is 32.4 Å². The van der Waals surface area contributed by atoms with Crippen LogP contribution in [-0.4, -0.2) is 48.9 Å². The Labute approximate surface area is 183 Å². The summed E-state index contributed by atoms with van der Waals surface area (Å²) in [6.45, 7) is 12.8. The lowest BCUT2D eigenvalue weighted by Gasteiger charge is -2.24. The molecule has 3 N–H and O–H groups in total. The highest BCUT2D eigenvalue weighted by molar-refractivity contribution is 8.16. The van der Waals surface area contributed by atoms with Crippen LogP contribution in [0.15, 0.2) is 64.0 Å². The summed E-state index contributed by atoms with van der Waals surface area (Å²) in [5.41, 5.74) is 6.84. The Bertz CT molecular complexity index is 715. The first kappa shape index (κ1) is 25.6. The average Bonchev–Trinajstić information content (AvgIpc) is 3.22. The lowest BCUT2D eigenvalue weighted by molar-refractivity contribution is 0.211. The van der Waals surface area contributed by atoms with E-state index in [1.165, 1.54) is 11.8 Å². The largest absolute Gasteiger partial charge is 0.499 e. The molecular weight excluding hydrogens is 402 g/mol. The van der Waals surface area contributed by atoms with E-state index in [9.17, 15) is 4.91 Å². The molecule has 8 nitrogen and oxygen atoms in total. The normalized spacial score (nSPS) is 18.5. The highest BCUT2D eigenvalue weighted by Gasteiger charge is 2.25. The SMILES string of the molecule is C=C/C=C(\C=C(/OC)C(CCC)NC(=C)C1CSC(/C(C)=N/N=O)=N1)OCCCN. The van der Waals surface area contributed by atoms with Crippen molar-refractivity contribution >= 4 is 22.5 Å². The van der Waals surface area contributed by atoms with E-state index in [2.05, 4.69) is 40.8 Å². The van der Waals surface area contributed by atoms with Gasteiger partial charge in [0.2, 0.25) is 0 Å². The summed E-state index contributed by atoms with van der Waals surface area (Å²) in [6, 6.07) is -0.210. The molecule has 0 aliphatic carbocycles. The minimum atomic E-state index is -0.122. The Morgan fingerprint density at radius 3 is 2.90 bits per heavy atom. The molecule has 1 rings (SSSR count). The van der Waals surface area contributed by atoms with Crippen molar-refractivity contribution in [2.75, 3.05) is 26.0 Å². The van der Waals surface area contributed by atoms with Crippen LogP contribution >= 0.6 is 11.8 Å². The second-order valence-electron chi connectivity index (χ2n) is 6.59. The molecule has 1 aliphatic heterocycles. The van der Waals surface area contributed by atoms with Gasteiger partial charge in [0.05, 0.1) is 36.8 Å². The van der Waals surface area contributed by atoms with Gasteiger partial charge in [0.1, 0.15) is 16.6 Å². The van der Waals surface area contributed by atoms with E-state index < -0.39 is 0 Å². The highest BCUT2D eigenvalue weighted by atomic mass is 32.2. The molecule has 166 valence electrons. The Kier molecular flexibility index (Phi) is 12.5. The molecule has 2 atom stereocenters. The van der Waals surface area contributed by atoms with Crippen molar-refractivity contribution in [1.82, 2.24) is 5.32 Å². The molecule has 0 saturated carbocycles. The van der Waals surface area contributed by atoms with Gasteiger partial charge in [0, 0.05) is 17.5 Å². The van der Waals surface area contributed by atoms with E-state index in [1.807, 2.05) is 6.08 Å². The standard InChI is InChI=1S/C21H33N5O3S/c1-6-9-17(29-12-8-11-22)13-20(28-5)18(10-7-2)23-15(3)19-14-30-21(24-19)16(4)25-26-27/h6,9,13,18-19,23H,1,3,7-8,10-12,14,22H2,2,4-5H3/b17-9+,20-13-,25-16+. The number of nitrogens with two attached hydrogens (primary N) is 1. The second kappa shape index (κ2) is 14.6. The van der Waals surface area contributed by atoms with Crippen molar-refractivity contribution in [2.24, 2.45) is 21.1 Å². The number of rotatable bonds is 15. The van der Waals surface area contributed by atoms with E-state index in [4.69, 9.17) is 15.2 Å². The predicted molar refractivity (Wildman–Crippen MR) is 127 cm³/mol. The summed E-state index contributed by atoms with van der Waals surface area (Å²) < 4.78 is 11.5. The summed E-state index contributed by atoms with van der Waals surface area (Å²) >= 11 is 1.53. The van der Waals surface area contributed by atoms with Crippen LogP contribution < -0.4 is 11.1 Å². The maximum atomic E-state index is 10.4. The van der Waals surface area contributed by atoms with Gasteiger partial charge in [0.25, 0.3) is 0 Å². The zero-order valence-corrected chi connectivity index (χ0v) is 18.9. The molecule has 0 radical (unpaired) electrons. The molecule has 1 heterocycles. The molecule has 0 fully saturated rings. The van der Waals surface area contributed by atoms with Gasteiger partial charge < -0.3 is 20.5 Å². The maximum absolute atomic E-state index is 10.4. The number of hydrogen-bond donors (Lipinski definition) is 2. The Balaban J connectivity index is 2.96. The Morgan fingerprint density at radius 1 is 1.53 bits per heavy atom. The number of nitrogens with zero attached hydrogens (tertiary/aromatic N) is 3. The van der Waals surface area contributed by atoms with Crippen LogP contribution in [0.25, 0.3) is 0 Å². The van der Waals surface area contributed by atoms with Gasteiger partial charge in [-0.3, -0.25) is 4.99 Å². The van der Waals surface area contributed by atoms with Crippen molar-refractivity contribution in [3.05, 3.63) is 53.5 Å². The molecule has 2 unspecified atom stereocenters. The number of hydrogen-bond acceptors (Lipinski definition) is 8. The van der Waals surface area contributed by atoms with Crippen molar-refractivity contribution in [2.45, 2.75) is 45.2 Å². The van der Waals surface area contributed by atoms with E-state index in [0.717, 1.165) is 36.5 Å². The topological polar surface area (TPSA) is 111 Å². The molecule has 30 heavy (non-hydrogen) atoms. The number of allylic oxidation sites excluding steroid dienone is 3. The number of aliphatic imine (C=N–C) groups is 1. The molecule has 0 spiro atoms. The minimum Gasteiger partial charge on any atom is -0.499 e. The van der Waals surface area contributed by atoms with Crippen LogP contribution in [0.2, 0.25) is 0 Å². The monoisotopic (exact) mass is 435 g/mol. The van der Waals surface area contributed by atoms with Crippen LogP contribution in [0, 0.1) is 4.91 Å². The van der Waals surface area contributed by atoms with Gasteiger partial charge >= 0.3 is 0 Å². The average molecular weight is 436 g/mol. The summed E-state index contributed by atoms with van der Waals surface area (Å²) in [5.74, 6) is 2.12. The van der Waals surface area contributed by atoms with E-state index in [-0.39, 0.29) is 12.1 Å². The maximum Gasteiger partial charge on any atom is 0.122 e. The molecule has 9 heteroatoms. The predicted octanol–water partition coefficient (Wildman–Crippen LogP) is 3.88. The van der Waals surface area contributed by atoms with Crippen molar-refractivity contribution in [3.63, 3.8) is 0 Å². The third kappa shape index (κ3) is 8.54. The van der Waals surface area contributed by atoms with Crippen LogP contribution in [0.5, 0.6) is 0 Å². The highest BCUT2D eigenvalue weighted by Crippen LogP contribution is 2.24. The fraction of sp³-hybridized carbons (Fsp3) is 0.524. The van der Waals surface area contributed by atoms with Gasteiger partial charge in [-0.25, -0.2) is 0 Å². The van der Waals surface area contributed by atoms with Crippen molar-refractivity contribution < 1.29 is 9.47 Å². The number of thioether (sulfide) groups is 1. The third-order valence-corrected chi connectivity index (χ3v) is 5.41. The molecule has 0 amide bonds. The van der Waals surface area contributed by atoms with E-state index in [0.29, 0.717) is 29.7 Å². The molecule has 0 aromatic rings. The fourth-order valence-corrected chi connectivity index (χ4v) is 3.76. The quantitative estimate of drug-likeness (QED) is 0.101. The third-order valence-electron chi connectivity index (χ3n) is 4.25. The molecule has 0 saturated heterocycles. The number of methoxy groups -OCH3 is 1. The molecule has 0 bridgehead atoms. The van der Waals surface area contributed by atoms with E-state index >= 15 is 0 Å². The van der Waals surface area contributed by atoms with Crippen LogP contribution in [0.3, 0.4) is 0 Å². The van der Waals surface area contributed by atoms with Crippen molar-refractivity contribution in [1.29, 1.82) is 0 Å². The van der Waals surface area contributed by atoms with Gasteiger partial charge in [-0.15, -0.1) is 21.8 Å². The second-order valence-corrected chi connectivity index (χ2v) is 7.59. The van der Waals surface area contributed by atoms with Crippen LogP contribution in [0.1, 0.15) is 33.1 Å².